The lowest BCUT2D eigenvalue weighted by Crippen LogP contribution is -2.16. The molecular weight excluding hydrogens is 280 g/mol. The second-order valence-corrected chi connectivity index (χ2v) is 5.04. The first kappa shape index (κ1) is 14.2. The maximum Gasteiger partial charge on any atom is 0.224 e. The molecule has 1 aromatic rings. The van der Waals surface area contributed by atoms with E-state index in [0.29, 0.717) is 12.0 Å². The molecule has 0 saturated heterocycles. The van der Waals surface area contributed by atoms with Crippen LogP contribution in [0, 0.1) is 0 Å². The SMILES string of the molecule is CCCCCC(C)Nc1nc(NC)ncc1Br. The number of aromatic nitrogens is 2. The molecule has 0 bridgehead atoms. The van der Waals surface area contributed by atoms with Crippen molar-refractivity contribution >= 4 is 27.7 Å². The molecule has 17 heavy (non-hydrogen) atoms. The van der Waals surface area contributed by atoms with Crippen molar-refractivity contribution in [1.29, 1.82) is 0 Å². The molecule has 1 aromatic heterocycles. The smallest absolute Gasteiger partial charge is 0.224 e. The van der Waals surface area contributed by atoms with Crippen molar-refractivity contribution in [2.75, 3.05) is 17.7 Å². The van der Waals surface area contributed by atoms with Gasteiger partial charge in [-0.05, 0) is 29.3 Å². The number of hydrogen-bond donors (Lipinski definition) is 2. The van der Waals surface area contributed by atoms with E-state index in [1.165, 1.54) is 25.7 Å². The Morgan fingerprint density at radius 2 is 2.18 bits per heavy atom. The molecule has 4 nitrogen and oxygen atoms in total. The minimum atomic E-state index is 0.428. The van der Waals surface area contributed by atoms with Gasteiger partial charge in [-0.15, -0.1) is 0 Å². The van der Waals surface area contributed by atoms with E-state index in [9.17, 15) is 0 Å². The molecule has 0 aliphatic carbocycles. The Labute approximate surface area is 112 Å². The van der Waals surface area contributed by atoms with Gasteiger partial charge in [0.1, 0.15) is 5.82 Å². The summed E-state index contributed by atoms with van der Waals surface area (Å²) in [5.41, 5.74) is 0. The highest BCUT2D eigenvalue weighted by atomic mass is 79.9. The molecule has 2 N–H and O–H groups in total. The van der Waals surface area contributed by atoms with Crippen LogP contribution in [0.4, 0.5) is 11.8 Å². The third-order valence-electron chi connectivity index (χ3n) is 2.59. The zero-order chi connectivity index (χ0) is 12.7. The average Bonchev–Trinajstić information content (AvgIpc) is 2.32. The van der Waals surface area contributed by atoms with Crippen LogP contribution in [0.3, 0.4) is 0 Å². The first-order valence-corrected chi connectivity index (χ1v) is 6.93. The van der Waals surface area contributed by atoms with Gasteiger partial charge in [-0.3, -0.25) is 0 Å². The van der Waals surface area contributed by atoms with Gasteiger partial charge in [0.25, 0.3) is 0 Å². The van der Waals surface area contributed by atoms with Gasteiger partial charge in [-0.1, -0.05) is 26.2 Å². The molecule has 96 valence electrons. The third-order valence-corrected chi connectivity index (χ3v) is 3.17. The van der Waals surface area contributed by atoms with Crippen molar-refractivity contribution in [1.82, 2.24) is 9.97 Å². The van der Waals surface area contributed by atoms with Crippen molar-refractivity contribution in [3.05, 3.63) is 10.7 Å². The molecule has 0 aliphatic rings. The van der Waals surface area contributed by atoms with E-state index in [1.54, 1.807) is 6.20 Å². The quantitative estimate of drug-likeness (QED) is 0.755. The Bertz CT molecular complexity index is 343. The highest BCUT2D eigenvalue weighted by Gasteiger charge is 2.07. The van der Waals surface area contributed by atoms with Crippen LogP contribution in [0.5, 0.6) is 0 Å². The molecule has 1 unspecified atom stereocenters. The van der Waals surface area contributed by atoms with Crippen molar-refractivity contribution in [3.8, 4) is 0 Å². The van der Waals surface area contributed by atoms with E-state index in [2.05, 4.69) is 50.4 Å². The van der Waals surface area contributed by atoms with Crippen LogP contribution < -0.4 is 10.6 Å². The van der Waals surface area contributed by atoms with Crippen molar-refractivity contribution < 1.29 is 0 Å². The first-order valence-electron chi connectivity index (χ1n) is 6.14. The van der Waals surface area contributed by atoms with E-state index < -0.39 is 0 Å². The fourth-order valence-corrected chi connectivity index (χ4v) is 1.90. The standard InChI is InChI=1S/C12H21BrN4/c1-4-5-6-7-9(2)16-11-10(13)8-15-12(14-3)17-11/h8-9H,4-7H2,1-3H3,(H2,14,15,16,17). The van der Waals surface area contributed by atoms with Crippen molar-refractivity contribution in [2.24, 2.45) is 0 Å². The second kappa shape index (κ2) is 7.48. The van der Waals surface area contributed by atoms with Gasteiger partial charge in [0.15, 0.2) is 0 Å². The molecule has 1 heterocycles. The monoisotopic (exact) mass is 300 g/mol. The molecule has 1 rings (SSSR count). The maximum absolute atomic E-state index is 4.38. The van der Waals surface area contributed by atoms with Crippen LogP contribution in [-0.2, 0) is 0 Å². The van der Waals surface area contributed by atoms with E-state index >= 15 is 0 Å². The summed E-state index contributed by atoms with van der Waals surface area (Å²) in [5, 5.41) is 6.34. The number of nitrogens with zero attached hydrogens (tertiary/aromatic N) is 2. The topological polar surface area (TPSA) is 49.8 Å². The lowest BCUT2D eigenvalue weighted by atomic mass is 10.1. The Hall–Kier alpha value is -0.840. The molecule has 5 heteroatoms. The van der Waals surface area contributed by atoms with Gasteiger partial charge in [0.05, 0.1) is 4.47 Å². The van der Waals surface area contributed by atoms with Gasteiger partial charge < -0.3 is 10.6 Å². The molecule has 0 spiro atoms. The van der Waals surface area contributed by atoms with Crippen LogP contribution in [0.2, 0.25) is 0 Å². The van der Waals surface area contributed by atoms with Gasteiger partial charge in [0.2, 0.25) is 5.95 Å². The predicted molar refractivity (Wildman–Crippen MR) is 76.5 cm³/mol. The van der Waals surface area contributed by atoms with Crippen LogP contribution in [0.15, 0.2) is 10.7 Å². The van der Waals surface area contributed by atoms with Gasteiger partial charge in [-0.2, -0.15) is 4.98 Å². The zero-order valence-corrected chi connectivity index (χ0v) is 12.3. The number of unbranched alkanes of at least 4 members (excludes halogenated alkanes) is 2. The largest absolute Gasteiger partial charge is 0.367 e. The predicted octanol–water partition coefficient (Wildman–Crippen LogP) is 3.66. The second-order valence-electron chi connectivity index (χ2n) is 4.18. The summed E-state index contributed by atoms with van der Waals surface area (Å²) in [4.78, 5) is 8.51. The summed E-state index contributed by atoms with van der Waals surface area (Å²) in [6.07, 6.45) is 6.73. The fourth-order valence-electron chi connectivity index (χ4n) is 1.59. The van der Waals surface area contributed by atoms with Gasteiger partial charge in [-0.25, -0.2) is 4.98 Å². The van der Waals surface area contributed by atoms with E-state index in [4.69, 9.17) is 0 Å². The molecule has 0 saturated carbocycles. The summed E-state index contributed by atoms with van der Waals surface area (Å²) < 4.78 is 0.902. The number of nitrogens with one attached hydrogen (secondary N) is 2. The van der Waals surface area contributed by atoms with Gasteiger partial charge >= 0.3 is 0 Å². The zero-order valence-electron chi connectivity index (χ0n) is 10.8. The molecule has 0 aromatic carbocycles. The fraction of sp³-hybridized carbons (Fsp3) is 0.667. The van der Waals surface area contributed by atoms with E-state index in [0.717, 1.165) is 10.3 Å². The van der Waals surface area contributed by atoms with Gasteiger partial charge in [0, 0.05) is 19.3 Å². The summed E-state index contributed by atoms with van der Waals surface area (Å²) in [5.74, 6) is 1.49. The summed E-state index contributed by atoms with van der Waals surface area (Å²) in [7, 11) is 1.82. The third kappa shape index (κ3) is 4.89. The highest BCUT2D eigenvalue weighted by Crippen LogP contribution is 2.21. The lowest BCUT2D eigenvalue weighted by molar-refractivity contribution is 0.613. The molecular formula is C12H21BrN4. The Morgan fingerprint density at radius 1 is 1.41 bits per heavy atom. The Balaban J connectivity index is 2.54. The van der Waals surface area contributed by atoms with Crippen LogP contribution >= 0.6 is 15.9 Å². The van der Waals surface area contributed by atoms with E-state index in [1.807, 2.05) is 7.05 Å². The molecule has 0 fully saturated rings. The molecule has 0 radical (unpaired) electrons. The number of halogens is 1. The Kier molecular flexibility index (Phi) is 6.26. The lowest BCUT2D eigenvalue weighted by Gasteiger charge is -2.15. The summed E-state index contributed by atoms with van der Waals surface area (Å²) in [6, 6.07) is 0.428. The van der Waals surface area contributed by atoms with Crippen molar-refractivity contribution in [2.45, 2.75) is 45.6 Å². The highest BCUT2D eigenvalue weighted by molar-refractivity contribution is 9.10. The van der Waals surface area contributed by atoms with Crippen LogP contribution in [0.25, 0.3) is 0 Å². The van der Waals surface area contributed by atoms with Crippen molar-refractivity contribution in [3.63, 3.8) is 0 Å². The summed E-state index contributed by atoms with van der Waals surface area (Å²) in [6.45, 7) is 4.40. The molecule has 0 aliphatic heterocycles. The minimum Gasteiger partial charge on any atom is -0.367 e. The minimum absolute atomic E-state index is 0.428. The van der Waals surface area contributed by atoms with E-state index in [-0.39, 0.29) is 0 Å². The number of rotatable bonds is 7. The normalized spacial score (nSPS) is 12.2. The van der Waals surface area contributed by atoms with Crippen LogP contribution in [0.1, 0.15) is 39.5 Å². The number of hydrogen-bond acceptors (Lipinski definition) is 4. The Morgan fingerprint density at radius 3 is 2.82 bits per heavy atom. The van der Waals surface area contributed by atoms with Crippen LogP contribution in [-0.4, -0.2) is 23.1 Å². The molecule has 1 atom stereocenters. The first-order chi connectivity index (χ1) is 8.17. The maximum atomic E-state index is 4.38. The average molecular weight is 301 g/mol. The number of anilines is 2. The molecule has 0 amide bonds. The summed E-state index contributed by atoms with van der Waals surface area (Å²) >= 11 is 3.45.